The summed E-state index contributed by atoms with van der Waals surface area (Å²) in [6.07, 6.45) is 1.07. The second kappa shape index (κ2) is 7.01. The van der Waals surface area contributed by atoms with Crippen molar-refractivity contribution >= 4 is 11.8 Å². The standard InChI is InChI=1S/C14H21NO3/c1-3-14(4-2,10-16)11-18-13(17)15-12-8-6-5-7-9-12/h5-9,16H,3-4,10-11H2,1-2H3,(H,15,17). The van der Waals surface area contributed by atoms with E-state index in [-0.39, 0.29) is 18.6 Å². The van der Waals surface area contributed by atoms with Gasteiger partial charge in [0.05, 0.1) is 6.61 Å². The minimum Gasteiger partial charge on any atom is -0.449 e. The Labute approximate surface area is 108 Å². The molecule has 0 fully saturated rings. The maximum Gasteiger partial charge on any atom is 0.411 e. The topological polar surface area (TPSA) is 58.6 Å². The second-order valence-corrected chi connectivity index (χ2v) is 4.43. The summed E-state index contributed by atoms with van der Waals surface area (Å²) >= 11 is 0. The van der Waals surface area contributed by atoms with Gasteiger partial charge in [0.25, 0.3) is 0 Å². The predicted molar refractivity (Wildman–Crippen MR) is 71.5 cm³/mol. The summed E-state index contributed by atoms with van der Waals surface area (Å²) in [6, 6.07) is 9.14. The summed E-state index contributed by atoms with van der Waals surface area (Å²) in [5, 5.41) is 12.0. The summed E-state index contributed by atoms with van der Waals surface area (Å²) in [7, 11) is 0. The lowest BCUT2D eigenvalue weighted by atomic mass is 9.84. The Morgan fingerprint density at radius 3 is 2.39 bits per heavy atom. The van der Waals surface area contributed by atoms with Gasteiger partial charge in [-0.2, -0.15) is 0 Å². The molecule has 4 heteroatoms. The maximum absolute atomic E-state index is 11.6. The molecular formula is C14H21NO3. The molecule has 0 atom stereocenters. The van der Waals surface area contributed by atoms with E-state index in [0.29, 0.717) is 5.69 Å². The largest absolute Gasteiger partial charge is 0.449 e. The first kappa shape index (κ1) is 14.5. The van der Waals surface area contributed by atoms with Crippen molar-refractivity contribution < 1.29 is 14.6 Å². The number of hydrogen-bond acceptors (Lipinski definition) is 3. The molecule has 0 aliphatic heterocycles. The molecule has 0 bridgehead atoms. The van der Waals surface area contributed by atoms with Gasteiger partial charge in [-0.05, 0) is 25.0 Å². The van der Waals surface area contributed by atoms with Gasteiger partial charge in [-0.15, -0.1) is 0 Å². The van der Waals surface area contributed by atoms with Crippen LogP contribution in [0.1, 0.15) is 26.7 Å². The number of ether oxygens (including phenoxy) is 1. The highest BCUT2D eigenvalue weighted by Gasteiger charge is 2.27. The van der Waals surface area contributed by atoms with Crippen molar-refractivity contribution in [3.63, 3.8) is 0 Å². The first-order valence-corrected chi connectivity index (χ1v) is 6.25. The van der Waals surface area contributed by atoms with Crippen LogP contribution < -0.4 is 5.32 Å². The minimum absolute atomic E-state index is 0.0264. The Kier molecular flexibility index (Phi) is 5.65. The van der Waals surface area contributed by atoms with Crippen molar-refractivity contribution in [1.29, 1.82) is 0 Å². The molecular weight excluding hydrogens is 230 g/mol. The molecule has 1 amide bonds. The number of carbonyl (C=O) groups excluding carboxylic acids is 1. The number of aliphatic hydroxyl groups excluding tert-OH is 1. The van der Waals surface area contributed by atoms with Gasteiger partial charge in [-0.1, -0.05) is 32.0 Å². The first-order valence-electron chi connectivity index (χ1n) is 6.25. The number of benzene rings is 1. The lowest BCUT2D eigenvalue weighted by Gasteiger charge is -2.28. The van der Waals surface area contributed by atoms with Crippen molar-refractivity contribution in [2.45, 2.75) is 26.7 Å². The van der Waals surface area contributed by atoms with Crippen LogP contribution in [0.15, 0.2) is 30.3 Å². The Morgan fingerprint density at radius 2 is 1.89 bits per heavy atom. The van der Waals surface area contributed by atoms with Crippen molar-refractivity contribution in [2.24, 2.45) is 5.41 Å². The fraction of sp³-hybridized carbons (Fsp3) is 0.500. The summed E-state index contributed by atoms with van der Waals surface area (Å²) < 4.78 is 5.17. The number of anilines is 1. The molecule has 0 radical (unpaired) electrons. The van der Waals surface area contributed by atoms with Crippen LogP contribution in [0.25, 0.3) is 0 Å². The third-order valence-corrected chi connectivity index (χ3v) is 3.37. The number of hydrogen-bond donors (Lipinski definition) is 2. The summed E-state index contributed by atoms with van der Waals surface area (Å²) in [4.78, 5) is 11.6. The second-order valence-electron chi connectivity index (χ2n) is 4.43. The van der Waals surface area contributed by atoms with E-state index in [4.69, 9.17) is 4.74 Å². The molecule has 100 valence electrons. The van der Waals surface area contributed by atoms with Gasteiger partial charge >= 0.3 is 6.09 Å². The summed E-state index contributed by atoms with van der Waals surface area (Å²) in [5.74, 6) is 0. The van der Waals surface area contributed by atoms with Crippen LogP contribution in [0.5, 0.6) is 0 Å². The number of carbonyl (C=O) groups is 1. The molecule has 0 aliphatic carbocycles. The minimum atomic E-state index is -0.485. The van der Waals surface area contributed by atoms with E-state index in [2.05, 4.69) is 5.32 Å². The van der Waals surface area contributed by atoms with Crippen molar-refractivity contribution in [1.82, 2.24) is 0 Å². The van der Waals surface area contributed by atoms with Crippen LogP contribution >= 0.6 is 0 Å². The Bertz CT molecular complexity index is 352. The number of para-hydroxylation sites is 1. The third-order valence-electron chi connectivity index (χ3n) is 3.37. The smallest absolute Gasteiger partial charge is 0.411 e. The fourth-order valence-corrected chi connectivity index (χ4v) is 1.62. The highest BCUT2D eigenvalue weighted by Crippen LogP contribution is 2.25. The van der Waals surface area contributed by atoms with Crippen molar-refractivity contribution in [3.8, 4) is 0 Å². The fourth-order valence-electron chi connectivity index (χ4n) is 1.62. The van der Waals surface area contributed by atoms with Crippen molar-refractivity contribution in [3.05, 3.63) is 30.3 Å². The van der Waals surface area contributed by atoms with E-state index in [0.717, 1.165) is 12.8 Å². The van der Waals surface area contributed by atoms with E-state index in [1.807, 2.05) is 32.0 Å². The van der Waals surface area contributed by atoms with Gasteiger partial charge in [-0.25, -0.2) is 4.79 Å². The molecule has 0 spiro atoms. The summed E-state index contributed by atoms with van der Waals surface area (Å²) in [6.45, 7) is 4.23. The SMILES string of the molecule is CCC(CC)(CO)COC(=O)Nc1ccccc1. The molecule has 0 aromatic heterocycles. The monoisotopic (exact) mass is 251 g/mol. The molecule has 0 unspecified atom stereocenters. The zero-order chi connectivity index (χ0) is 13.4. The van der Waals surface area contributed by atoms with E-state index in [1.54, 1.807) is 12.1 Å². The molecule has 18 heavy (non-hydrogen) atoms. The van der Waals surface area contributed by atoms with Gasteiger partial charge in [0.15, 0.2) is 0 Å². The molecule has 2 N–H and O–H groups in total. The van der Waals surface area contributed by atoms with Gasteiger partial charge in [0.2, 0.25) is 0 Å². The highest BCUT2D eigenvalue weighted by atomic mass is 16.5. The van der Waals surface area contributed by atoms with Gasteiger partial charge in [0, 0.05) is 11.1 Å². The summed E-state index contributed by atoms with van der Waals surface area (Å²) in [5.41, 5.74) is 0.374. The van der Waals surface area contributed by atoms with Crippen LogP contribution in [0.2, 0.25) is 0 Å². The highest BCUT2D eigenvalue weighted by molar-refractivity contribution is 5.84. The normalized spacial score (nSPS) is 11.1. The number of nitrogens with one attached hydrogen (secondary N) is 1. The van der Waals surface area contributed by atoms with E-state index in [1.165, 1.54) is 0 Å². The molecule has 0 aliphatic rings. The van der Waals surface area contributed by atoms with Gasteiger partial charge in [0.1, 0.15) is 6.61 Å². The van der Waals surface area contributed by atoms with Crippen molar-refractivity contribution in [2.75, 3.05) is 18.5 Å². The maximum atomic E-state index is 11.6. The average Bonchev–Trinajstić information content (AvgIpc) is 2.42. The molecule has 4 nitrogen and oxygen atoms in total. The zero-order valence-corrected chi connectivity index (χ0v) is 11.0. The molecule has 1 rings (SSSR count). The Morgan fingerprint density at radius 1 is 1.28 bits per heavy atom. The van der Waals surface area contributed by atoms with Crippen LogP contribution in [0.4, 0.5) is 10.5 Å². The lowest BCUT2D eigenvalue weighted by molar-refractivity contribution is 0.0369. The average molecular weight is 251 g/mol. The molecule has 1 aromatic rings. The first-order chi connectivity index (χ1) is 8.65. The van der Waals surface area contributed by atoms with Gasteiger partial charge in [-0.3, -0.25) is 5.32 Å². The van der Waals surface area contributed by atoms with Gasteiger partial charge < -0.3 is 9.84 Å². The quantitative estimate of drug-likeness (QED) is 0.817. The lowest BCUT2D eigenvalue weighted by Crippen LogP contribution is -2.32. The third kappa shape index (κ3) is 4.04. The molecule has 0 saturated carbocycles. The van der Waals surface area contributed by atoms with E-state index in [9.17, 15) is 9.90 Å². The predicted octanol–water partition coefficient (Wildman–Crippen LogP) is 3.03. The number of amides is 1. The van der Waals surface area contributed by atoms with Crippen LogP contribution in [0.3, 0.4) is 0 Å². The number of aliphatic hydroxyl groups is 1. The molecule has 0 saturated heterocycles. The molecule has 0 heterocycles. The Hall–Kier alpha value is -1.55. The number of rotatable bonds is 6. The molecule has 1 aromatic carbocycles. The van der Waals surface area contributed by atoms with E-state index >= 15 is 0 Å². The Balaban J connectivity index is 2.46. The zero-order valence-electron chi connectivity index (χ0n) is 11.0. The van der Waals surface area contributed by atoms with Crippen LogP contribution in [-0.4, -0.2) is 24.4 Å². The van der Waals surface area contributed by atoms with Crippen LogP contribution in [-0.2, 0) is 4.74 Å². The van der Waals surface area contributed by atoms with E-state index < -0.39 is 6.09 Å². The van der Waals surface area contributed by atoms with Crippen LogP contribution in [0, 0.1) is 5.41 Å².